The number of nitrogens with zero attached hydrogens (tertiary/aromatic N) is 2. The molecule has 4 amide bonds. The number of carbonyl (C=O) groups excluding carboxylic acids is 3. The van der Waals surface area contributed by atoms with Crippen LogP contribution in [0.5, 0.6) is 0 Å². The molecule has 0 bridgehead atoms. The van der Waals surface area contributed by atoms with Crippen LogP contribution in [-0.2, 0) is 9.59 Å². The van der Waals surface area contributed by atoms with E-state index in [1.807, 2.05) is 6.92 Å². The van der Waals surface area contributed by atoms with Gasteiger partial charge in [0.2, 0.25) is 5.91 Å². The van der Waals surface area contributed by atoms with E-state index in [2.05, 4.69) is 6.92 Å². The Morgan fingerprint density at radius 3 is 2.36 bits per heavy atom. The summed E-state index contributed by atoms with van der Waals surface area (Å²) in [5.74, 6) is -0.541. The minimum absolute atomic E-state index is 0.227. The van der Waals surface area contributed by atoms with Crippen molar-refractivity contribution in [1.29, 1.82) is 0 Å². The Morgan fingerprint density at radius 2 is 1.80 bits per heavy atom. The van der Waals surface area contributed by atoms with Crippen LogP contribution in [0, 0.1) is 5.92 Å². The molecule has 0 aliphatic carbocycles. The van der Waals surface area contributed by atoms with E-state index in [9.17, 15) is 14.4 Å². The lowest BCUT2D eigenvalue weighted by Gasteiger charge is -2.19. The summed E-state index contributed by atoms with van der Waals surface area (Å²) < 4.78 is 0. The molecule has 0 aromatic heterocycles. The molecule has 2 rings (SSSR count). The van der Waals surface area contributed by atoms with Crippen LogP contribution in [-0.4, -0.2) is 29.3 Å². The largest absolute Gasteiger partial charge is 0.338 e. The Kier molecular flexibility index (Phi) is 6.85. The van der Waals surface area contributed by atoms with Crippen molar-refractivity contribution in [3.05, 3.63) is 28.2 Å². The van der Waals surface area contributed by atoms with E-state index in [1.165, 1.54) is 18.2 Å². The molecule has 1 unspecified atom stereocenters. The van der Waals surface area contributed by atoms with Crippen molar-refractivity contribution < 1.29 is 14.4 Å². The molecule has 25 heavy (non-hydrogen) atoms. The SMILES string of the molecule is CCCCC(CC)CC(=O)N1CC(=O)N(c2cc(Cl)cc(Cl)c2)C1=O. The number of benzene rings is 1. The molecule has 1 atom stereocenters. The molecule has 1 aliphatic rings. The van der Waals surface area contributed by atoms with Gasteiger partial charge in [0.1, 0.15) is 6.54 Å². The van der Waals surface area contributed by atoms with Crippen molar-refractivity contribution in [3.63, 3.8) is 0 Å². The fraction of sp³-hybridized carbons (Fsp3) is 0.500. The maximum absolute atomic E-state index is 12.6. The van der Waals surface area contributed by atoms with Crippen molar-refractivity contribution >= 4 is 46.7 Å². The Balaban J connectivity index is 2.13. The number of amides is 4. The first-order valence-electron chi connectivity index (χ1n) is 8.50. The van der Waals surface area contributed by atoms with E-state index in [0.717, 1.165) is 35.5 Å². The first-order valence-corrected chi connectivity index (χ1v) is 9.26. The minimum Gasteiger partial charge on any atom is -0.274 e. The van der Waals surface area contributed by atoms with Crippen LogP contribution in [0.1, 0.15) is 46.0 Å². The number of hydrogen-bond acceptors (Lipinski definition) is 3. The molecule has 136 valence electrons. The fourth-order valence-corrected chi connectivity index (χ4v) is 3.43. The molecular weight excluding hydrogens is 363 g/mol. The summed E-state index contributed by atoms with van der Waals surface area (Å²) >= 11 is 11.9. The first kappa shape index (κ1) is 19.7. The summed E-state index contributed by atoms with van der Waals surface area (Å²) in [4.78, 5) is 39.4. The zero-order valence-corrected chi connectivity index (χ0v) is 15.9. The van der Waals surface area contributed by atoms with Crippen LogP contribution in [0.2, 0.25) is 10.0 Å². The molecule has 1 saturated heterocycles. The van der Waals surface area contributed by atoms with Gasteiger partial charge in [-0.05, 0) is 30.5 Å². The third kappa shape index (κ3) is 4.73. The summed E-state index contributed by atoms with van der Waals surface area (Å²) in [6.07, 6.45) is 4.21. The molecule has 1 fully saturated rings. The highest BCUT2D eigenvalue weighted by molar-refractivity contribution is 6.35. The van der Waals surface area contributed by atoms with Crippen molar-refractivity contribution in [1.82, 2.24) is 4.90 Å². The third-order valence-electron chi connectivity index (χ3n) is 4.38. The maximum atomic E-state index is 12.6. The molecule has 0 radical (unpaired) electrons. The summed E-state index contributed by atoms with van der Waals surface area (Å²) in [6, 6.07) is 3.83. The predicted octanol–water partition coefficient (Wildman–Crippen LogP) is 4.90. The monoisotopic (exact) mass is 384 g/mol. The maximum Gasteiger partial charge on any atom is 0.338 e. The quantitative estimate of drug-likeness (QED) is 0.628. The van der Waals surface area contributed by atoms with Gasteiger partial charge < -0.3 is 0 Å². The van der Waals surface area contributed by atoms with Gasteiger partial charge in [-0.3, -0.25) is 14.5 Å². The Morgan fingerprint density at radius 1 is 1.16 bits per heavy atom. The van der Waals surface area contributed by atoms with Crippen molar-refractivity contribution in [2.24, 2.45) is 5.92 Å². The van der Waals surface area contributed by atoms with Gasteiger partial charge in [0.05, 0.1) is 5.69 Å². The highest BCUT2D eigenvalue weighted by atomic mass is 35.5. The number of unbranched alkanes of at least 4 members (excludes halogenated alkanes) is 1. The van der Waals surface area contributed by atoms with Crippen molar-refractivity contribution in [2.45, 2.75) is 46.0 Å². The van der Waals surface area contributed by atoms with E-state index in [1.54, 1.807) is 0 Å². The molecule has 0 spiro atoms. The van der Waals surface area contributed by atoms with E-state index in [-0.39, 0.29) is 30.5 Å². The lowest BCUT2D eigenvalue weighted by atomic mass is 9.95. The van der Waals surface area contributed by atoms with Gasteiger partial charge in [-0.25, -0.2) is 9.69 Å². The van der Waals surface area contributed by atoms with Crippen molar-refractivity contribution in [3.8, 4) is 0 Å². The van der Waals surface area contributed by atoms with Crippen LogP contribution in [0.3, 0.4) is 0 Å². The van der Waals surface area contributed by atoms with Gasteiger partial charge in [0.25, 0.3) is 5.91 Å². The van der Waals surface area contributed by atoms with Crippen molar-refractivity contribution in [2.75, 3.05) is 11.4 Å². The van der Waals surface area contributed by atoms with Crippen LogP contribution >= 0.6 is 23.2 Å². The number of rotatable bonds is 7. The second-order valence-corrected chi connectivity index (χ2v) is 7.11. The molecule has 5 nitrogen and oxygen atoms in total. The molecule has 1 aromatic carbocycles. The second-order valence-electron chi connectivity index (χ2n) is 6.24. The normalized spacial score (nSPS) is 15.8. The Labute approximate surface area is 157 Å². The second kappa shape index (κ2) is 8.68. The highest BCUT2D eigenvalue weighted by Crippen LogP contribution is 2.29. The first-order chi connectivity index (χ1) is 11.9. The molecule has 1 aromatic rings. The topological polar surface area (TPSA) is 57.7 Å². The molecular formula is C18H22Cl2N2O3. The van der Waals surface area contributed by atoms with E-state index >= 15 is 0 Å². The van der Waals surface area contributed by atoms with E-state index in [4.69, 9.17) is 23.2 Å². The highest BCUT2D eigenvalue weighted by Gasteiger charge is 2.41. The van der Waals surface area contributed by atoms with Crippen LogP contribution in [0.4, 0.5) is 10.5 Å². The number of halogens is 2. The smallest absolute Gasteiger partial charge is 0.274 e. The molecule has 0 saturated carbocycles. The summed E-state index contributed by atoms with van der Waals surface area (Å²) in [5, 5.41) is 0.636. The van der Waals surface area contributed by atoms with Gasteiger partial charge in [0.15, 0.2) is 0 Å². The standard InChI is InChI=1S/C18H22Cl2N2O3/c1-3-5-6-12(4-2)7-16(23)21-11-17(24)22(18(21)25)15-9-13(19)8-14(20)10-15/h8-10,12H,3-7,11H2,1-2H3. The molecule has 7 heteroatoms. The average Bonchev–Trinajstić information content (AvgIpc) is 2.85. The predicted molar refractivity (Wildman–Crippen MR) is 99.0 cm³/mol. The van der Waals surface area contributed by atoms with E-state index < -0.39 is 11.9 Å². The summed E-state index contributed by atoms with van der Waals surface area (Å²) in [5.41, 5.74) is 0.279. The fourth-order valence-electron chi connectivity index (χ4n) is 2.92. The summed E-state index contributed by atoms with van der Waals surface area (Å²) in [6.45, 7) is 3.89. The Hall–Kier alpha value is -1.59. The minimum atomic E-state index is -0.640. The van der Waals surface area contributed by atoms with Crippen LogP contribution in [0.15, 0.2) is 18.2 Å². The number of imide groups is 2. The molecule has 0 N–H and O–H groups in total. The Bertz CT molecular complexity index is 658. The number of anilines is 1. The van der Waals surface area contributed by atoms with Gasteiger partial charge >= 0.3 is 6.03 Å². The summed E-state index contributed by atoms with van der Waals surface area (Å²) in [7, 11) is 0. The lowest BCUT2D eigenvalue weighted by molar-refractivity contribution is -0.130. The van der Waals surface area contributed by atoms with Gasteiger partial charge in [0, 0.05) is 16.5 Å². The van der Waals surface area contributed by atoms with Crippen LogP contribution in [0.25, 0.3) is 0 Å². The lowest BCUT2D eigenvalue weighted by Crippen LogP contribution is -2.37. The average molecular weight is 385 g/mol. The van der Waals surface area contributed by atoms with Gasteiger partial charge in [-0.1, -0.05) is 56.3 Å². The number of hydrogen-bond donors (Lipinski definition) is 0. The molecule has 1 aliphatic heterocycles. The van der Waals surface area contributed by atoms with Gasteiger partial charge in [-0.15, -0.1) is 0 Å². The number of urea groups is 1. The number of carbonyl (C=O) groups is 3. The zero-order valence-electron chi connectivity index (χ0n) is 14.4. The van der Waals surface area contributed by atoms with Crippen LogP contribution < -0.4 is 4.90 Å². The van der Waals surface area contributed by atoms with E-state index in [0.29, 0.717) is 10.0 Å². The molecule has 1 heterocycles. The third-order valence-corrected chi connectivity index (χ3v) is 4.81. The van der Waals surface area contributed by atoms with Gasteiger partial charge in [-0.2, -0.15) is 0 Å². The zero-order chi connectivity index (χ0) is 18.6.